The molecule has 1 aliphatic rings. The summed E-state index contributed by atoms with van der Waals surface area (Å²) in [5, 5.41) is 2.42. The number of thiophene rings is 1. The van der Waals surface area contributed by atoms with E-state index in [4.69, 9.17) is 20.4 Å². The Morgan fingerprint density at radius 3 is 2.61 bits per heavy atom. The Morgan fingerprint density at radius 2 is 1.93 bits per heavy atom. The first-order valence-corrected chi connectivity index (χ1v) is 9.88. The highest BCUT2D eigenvalue weighted by atomic mass is 35.5. The highest BCUT2D eigenvalue weighted by Gasteiger charge is 2.34. The van der Waals surface area contributed by atoms with Gasteiger partial charge >= 0.3 is 0 Å². The number of aryl methyl sites for hydroxylation is 1. The maximum Gasteiger partial charge on any atom is 0.266 e. The fourth-order valence-corrected chi connectivity index (χ4v) is 4.21. The molecule has 7 heteroatoms. The Labute approximate surface area is 168 Å². The first kappa shape index (κ1) is 17.2. The number of fused-ring (bicyclic) bond motifs is 2. The molecule has 3 aromatic heterocycles. The Balaban J connectivity index is 1.53. The van der Waals surface area contributed by atoms with E-state index < -0.39 is 0 Å². The number of carbonyl (C=O) groups is 2. The summed E-state index contributed by atoms with van der Waals surface area (Å²) in [5.41, 5.74) is 2.37. The van der Waals surface area contributed by atoms with Crippen LogP contribution in [-0.4, -0.2) is 16.6 Å². The van der Waals surface area contributed by atoms with E-state index in [1.165, 1.54) is 17.4 Å². The third-order valence-electron chi connectivity index (χ3n) is 4.67. The molecule has 0 saturated carbocycles. The molecule has 0 unspecified atom stereocenters. The molecule has 0 radical (unpaired) electrons. The van der Waals surface area contributed by atoms with Gasteiger partial charge in [-0.1, -0.05) is 24.6 Å². The van der Waals surface area contributed by atoms with Crippen LogP contribution in [0.15, 0.2) is 50.1 Å². The average Bonchev–Trinajstić information content (AvgIpc) is 3.43. The molecule has 0 bridgehead atoms. The standard InChI is InChI=1S/C21H12ClNO4S/c1-2-10-6-12-13(9-15(10)22)19(25)14(18(12)24)7-11-8-16-20(26-11)23-21(27-16)17-4-3-5-28-17/h3-9H,2H2,1H3/b14-7-. The number of nitrogens with zero attached hydrogens (tertiary/aromatic N) is 1. The monoisotopic (exact) mass is 409 g/mol. The van der Waals surface area contributed by atoms with Crippen LogP contribution in [0.25, 0.3) is 28.1 Å². The predicted molar refractivity (Wildman–Crippen MR) is 107 cm³/mol. The molecule has 0 amide bonds. The van der Waals surface area contributed by atoms with Crippen LogP contribution in [0.2, 0.25) is 5.02 Å². The largest absolute Gasteiger partial charge is 0.436 e. The number of hydrogen-bond donors (Lipinski definition) is 0. The minimum absolute atomic E-state index is 0.0502. The molecule has 5 rings (SSSR count). The van der Waals surface area contributed by atoms with Gasteiger partial charge in [0, 0.05) is 22.2 Å². The molecule has 4 aromatic rings. The van der Waals surface area contributed by atoms with Gasteiger partial charge in [-0.3, -0.25) is 9.59 Å². The number of carbonyl (C=O) groups excluding carboxylic acids is 2. The smallest absolute Gasteiger partial charge is 0.266 e. The van der Waals surface area contributed by atoms with E-state index >= 15 is 0 Å². The van der Waals surface area contributed by atoms with Gasteiger partial charge in [-0.2, -0.15) is 4.98 Å². The average molecular weight is 410 g/mol. The lowest BCUT2D eigenvalue weighted by atomic mass is 10.0. The summed E-state index contributed by atoms with van der Waals surface area (Å²) in [4.78, 5) is 30.7. The topological polar surface area (TPSA) is 73.3 Å². The van der Waals surface area contributed by atoms with Gasteiger partial charge in [0.2, 0.25) is 5.89 Å². The van der Waals surface area contributed by atoms with Crippen molar-refractivity contribution in [3.63, 3.8) is 0 Å². The Kier molecular flexibility index (Phi) is 3.86. The van der Waals surface area contributed by atoms with Crippen LogP contribution in [0.3, 0.4) is 0 Å². The number of Topliss-reactive ketones (excluding diaryl/α,β-unsaturated/α-hetero) is 2. The lowest BCUT2D eigenvalue weighted by molar-refractivity contribution is 0.0990. The SMILES string of the molecule is CCc1cc2c(cc1Cl)C(=O)/C(=C\c1cc3oc(-c4cccs4)nc3o1)C2=O. The van der Waals surface area contributed by atoms with E-state index in [9.17, 15) is 9.59 Å². The van der Waals surface area contributed by atoms with Crippen LogP contribution in [-0.2, 0) is 6.42 Å². The molecule has 1 aromatic carbocycles. The zero-order chi connectivity index (χ0) is 19.4. The zero-order valence-electron chi connectivity index (χ0n) is 14.6. The molecule has 5 nitrogen and oxygen atoms in total. The number of benzene rings is 1. The van der Waals surface area contributed by atoms with Crippen molar-refractivity contribution in [3.8, 4) is 10.8 Å². The number of ketones is 2. The molecular formula is C21H12ClNO4S. The second kappa shape index (κ2) is 6.29. The van der Waals surface area contributed by atoms with Gasteiger partial charge < -0.3 is 8.83 Å². The second-order valence-electron chi connectivity index (χ2n) is 6.37. The van der Waals surface area contributed by atoms with Crippen molar-refractivity contribution >= 4 is 51.9 Å². The van der Waals surface area contributed by atoms with E-state index in [1.54, 1.807) is 18.2 Å². The maximum atomic E-state index is 12.7. The summed E-state index contributed by atoms with van der Waals surface area (Å²) in [7, 11) is 0. The van der Waals surface area contributed by atoms with Gasteiger partial charge in [0.25, 0.3) is 5.71 Å². The Morgan fingerprint density at radius 1 is 1.14 bits per heavy atom. The molecule has 0 aliphatic heterocycles. The summed E-state index contributed by atoms with van der Waals surface area (Å²) in [5.74, 6) is 0.131. The normalized spacial score (nSPS) is 15.1. The van der Waals surface area contributed by atoms with Crippen molar-refractivity contribution in [2.75, 3.05) is 0 Å². The maximum absolute atomic E-state index is 12.7. The zero-order valence-corrected chi connectivity index (χ0v) is 16.2. The van der Waals surface area contributed by atoms with Crippen molar-refractivity contribution < 1.29 is 18.4 Å². The summed E-state index contributed by atoms with van der Waals surface area (Å²) in [6.45, 7) is 1.95. The van der Waals surface area contributed by atoms with Crippen LogP contribution in [0.5, 0.6) is 0 Å². The van der Waals surface area contributed by atoms with E-state index in [2.05, 4.69) is 4.98 Å². The second-order valence-corrected chi connectivity index (χ2v) is 7.73. The van der Waals surface area contributed by atoms with Crippen LogP contribution < -0.4 is 0 Å². The number of furan rings is 1. The number of rotatable bonds is 3. The fourth-order valence-electron chi connectivity index (χ4n) is 3.26. The molecule has 3 heterocycles. The van der Waals surface area contributed by atoms with Crippen molar-refractivity contribution in [1.29, 1.82) is 0 Å². The summed E-state index contributed by atoms with van der Waals surface area (Å²) >= 11 is 7.72. The van der Waals surface area contributed by atoms with Crippen molar-refractivity contribution in [3.05, 3.63) is 68.8 Å². The van der Waals surface area contributed by atoms with Crippen LogP contribution in [0, 0.1) is 0 Å². The molecule has 0 atom stereocenters. The molecule has 0 saturated heterocycles. The molecule has 1 aliphatic carbocycles. The van der Waals surface area contributed by atoms with Crippen LogP contribution >= 0.6 is 22.9 Å². The number of hydrogen-bond acceptors (Lipinski definition) is 6. The molecule has 0 fully saturated rings. The van der Waals surface area contributed by atoms with Crippen molar-refractivity contribution in [2.24, 2.45) is 0 Å². The highest BCUT2D eigenvalue weighted by molar-refractivity contribution is 7.13. The van der Waals surface area contributed by atoms with Gasteiger partial charge in [-0.05, 0) is 41.6 Å². The van der Waals surface area contributed by atoms with E-state index in [0.717, 1.165) is 10.4 Å². The van der Waals surface area contributed by atoms with Crippen LogP contribution in [0.1, 0.15) is 39.0 Å². The minimum Gasteiger partial charge on any atom is -0.436 e. The van der Waals surface area contributed by atoms with Crippen molar-refractivity contribution in [1.82, 2.24) is 4.98 Å². The number of halogens is 1. The molecule has 138 valence electrons. The fraction of sp³-hybridized carbons (Fsp3) is 0.0952. The Hall–Kier alpha value is -2.96. The molecular weight excluding hydrogens is 398 g/mol. The molecule has 0 N–H and O–H groups in total. The highest BCUT2D eigenvalue weighted by Crippen LogP contribution is 2.34. The van der Waals surface area contributed by atoms with Gasteiger partial charge in [0.05, 0.1) is 10.5 Å². The van der Waals surface area contributed by atoms with E-state index in [-0.39, 0.29) is 17.1 Å². The first-order chi connectivity index (χ1) is 13.5. The molecule has 28 heavy (non-hydrogen) atoms. The van der Waals surface area contributed by atoms with E-state index in [1.807, 2.05) is 24.4 Å². The number of aromatic nitrogens is 1. The lowest BCUT2D eigenvalue weighted by Gasteiger charge is -2.03. The van der Waals surface area contributed by atoms with Gasteiger partial charge in [-0.25, -0.2) is 0 Å². The van der Waals surface area contributed by atoms with Gasteiger partial charge in [0.15, 0.2) is 17.1 Å². The number of allylic oxidation sites excluding steroid dienone is 1. The summed E-state index contributed by atoms with van der Waals surface area (Å²) < 4.78 is 11.4. The van der Waals surface area contributed by atoms with Gasteiger partial charge in [-0.15, -0.1) is 11.3 Å². The molecule has 0 spiro atoms. The minimum atomic E-state index is -0.357. The number of oxazole rings is 1. The van der Waals surface area contributed by atoms with E-state index in [0.29, 0.717) is 45.5 Å². The third-order valence-corrected chi connectivity index (χ3v) is 5.88. The predicted octanol–water partition coefficient (Wildman–Crippen LogP) is 5.83. The Bertz CT molecular complexity index is 1260. The van der Waals surface area contributed by atoms with Crippen molar-refractivity contribution in [2.45, 2.75) is 13.3 Å². The van der Waals surface area contributed by atoms with Gasteiger partial charge in [0.1, 0.15) is 5.76 Å². The lowest BCUT2D eigenvalue weighted by Crippen LogP contribution is -1.99. The first-order valence-electron chi connectivity index (χ1n) is 8.63. The summed E-state index contributed by atoms with van der Waals surface area (Å²) in [6.07, 6.45) is 2.12. The third kappa shape index (κ3) is 2.57. The van der Waals surface area contributed by atoms with Crippen LogP contribution in [0.4, 0.5) is 0 Å². The summed E-state index contributed by atoms with van der Waals surface area (Å²) in [6, 6.07) is 8.70. The quantitative estimate of drug-likeness (QED) is 0.314.